The highest BCUT2D eigenvalue weighted by Gasteiger charge is 2.20. The van der Waals surface area contributed by atoms with Gasteiger partial charge in [0.1, 0.15) is 0 Å². The summed E-state index contributed by atoms with van der Waals surface area (Å²) in [5.41, 5.74) is 1.49. The van der Waals surface area contributed by atoms with Crippen molar-refractivity contribution in [2.75, 3.05) is 11.9 Å². The van der Waals surface area contributed by atoms with Gasteiger partial charge in [0.25, 0.3) is 0 Å². The maximum atomic E-state index is 11.6. The van der Waals surface area contributed by atoms with E-state index < -0.39 is 0 Å². The SMILES string of the molecule is CCOC(=O)c1ccc(NC(=S)NC(C)C(C)(C)C)cc1. The van der Waals surface area contributed by atoms with Crippen LogP contribution in [-0.4, -0.2) is 23.7 Å². The number of ether oxygens (including phenoxy) is 1. The van der Waals surface area contributed by atoms with Crippen molar-refractivity contribution >= 4 is 29.0 Å². The third kappa shape index (κ3) is 5.71. The molecule has 0 aliphatic rings. The Labute approximate surface area is 132 Å². The first-order valence-electron chi connectivity index (χ1n) is 7.08. The summed E-state index contributed by atoms with van der Waals surface area (Å²) in [6.45, 7) is 10.7. The fourth-order valence-electron chi connectivity index (χ4n) is 1.48. The maximum Gasteiger partial charge on any atom is 0.338 e. The summed E-state index contributed by atoms with van der Waals surface area (Å²) >= 11 is 5.29. The predicted molar refractivity (Wildman–Crippen MR) is 90.7 cm³/mol. The molecule has 0 amide bonds. The molecule has 5 heteroatoms. The zero-order chi connectivity index (χ0) is 16.0. The van der Waals surface area contributed by atoms with Crippen LogP contribution in [0.15, 0.2) is 24.3 Å². The number of benzene rings is 1. The van der Waals surface area contributed by atoms with Crippen LogP contribution in [0.3, 0.4) is 0 Å². The molecule has 0 radical (unpaired) electrons. The second-order valence-corrected chi connectivity index (χ2v) is 6.39. The molecule has 0 saturated carbocycles. The van der Waals surface area contributed by atoms with E-state index in [0.717, 1.165) is 5.69 Å². The van der Waals surface area contributed by atoms with E-state index in [9.17, 15) is 4.79 Å². The first-order chi connectivity index (χ1) is 9.74. The van der Waals surface area contributed by atoms with Crippen molar-refractivity contribution in [3.63, 3.8) is 0 Å². The summed E-state index contributed by atoms with van der Waals surface area (Å²) in [6.07, 6.45) is 0. The molecule has 1 atom stereocenters. The monoisotopic (exact) mass is 308 g/mol. The van der Waals surface area contributed by atoms with E-state index in [1.807, 2.05) is 12.1 Å². The number of esters is 1. The van der Waals surface area contributed by atoms with Crippen molar-refractivity contribution in [1.29, 1.82) is 0 Å². The van der Waals surface area contributed by atoms with E-state index in [2.05, 4.69) is 38.3 Å². The van der Waals surface area contributed by atoms with Crippen LogP contribution >= 0.6 is 12.2 Å². The van der Waals surface area contributed by atoms with Crippen LogP contribution in [0.1, 0.15) is 45.0 Å². The van der Waals surface area contributed by atoms with Gasteiger partial charge in [-0.3, -0.25) is 0 Å². The van der Waals surface area contributed by atoms with Crippen LogP contribution in [0.25, 0.3) is 0 Å². The van der Waals surface area contributed by atoms with E-state index in [1.165, 1.54) is 0 Å². The molecule has 21 heavy (non-hydrogen) atoms. The quantitative estimate of drug-likeness (QED) is 0.657. The normalized spacial score (nSPS) is 12.4. The molecule has 1 rings (SSSR count). The van der Waals surface area contributed by atoms with Crippen molar-refractivity contribution in [3.8, 4) is 0 Å². The molecule has 0 saturated heterocycles. The van der Waals surface area contributed by atoms with Gasteiger partial charge in [0.2, 0.25) is 0 Å². The lowest BCUT2D eigenvalue weighted by atomic mass is 9.88. The van der Waals surface area contributed by atoms with Gasteiger partial charge in [-0.15, -0.1) is 0 Å². The van der Waals surface area contributed by atoms with Gasteiger partial charge in [0.05, 0.1) is 12.2 Å². The van der Waals surface area contributed by atoms with E-state index in [4.69, 9.17) is 17.0 Å². The summed E-state index contributed by atoms with van der Waals surface area (Å²) in [6, 6.07) is 7.30. The largest absolute Gasteiger partial charge is 0.462 e. The lowest BCUT2D eigenvalue weighted by Crippen LogP contribution is -2.43. The van der Waals surface area contributed by atoms with Crippen LogP contribution in [-0.2, 0) is 4.74 Å². The Kier molecular flexibility index (Phi) is 6.15. The molecule has 1 aromatic carbocycles. The van der Waals surface area contributed by atoms with Gasteiger partial charge in [0, 0.05) is 11.7 Å². The van der Waals surface area contributed by atoms with E-state index in [1.54, 1.807) is 19.1 Å². The summed E-state index contributed by atoms with van der Waals surface area (Å²) in [7, 11) is 0. The summed E-state index contributed by atoms with van der Waals surface area (Å²) < 4.78 is 4.94. The number of nitrogens with one attached hydrogen (secondary N) is 2. The Morgan fingerprint density at radius 1 is 1.29 bits per heavy atom. The van der Waals surface area contributed by atoms with Crippen LogP contribution in [0, 0.1) is 5.41 Å². The zero-order valence-electron chi connectivity index (χ0n) is 13.3. The molecule has 1 unspecified atom stereocenters. The molecule has 2 N–H and O–H groups in total. The van der Waals surface area contributed by atoms with Crippen molar-refractivity contribution in [3.05, 3.63) is 29.8 Å². The maximum absolute atomic E-state index is 11.6. The Morgan fingerprint density at radius 2 is 1.86 bits per heavy atom. The molecule has 0 aromatic heterocycles. The number of carbonyl (C=O) groups excluding carboxylic acids is 1. The van der Waals surface area contributed by atoms with Crippen LogP contribution in [0.4, 0.5) is 5.69 Å². The average molecular weight is 308 g/mol. The summed E-state index contributed by atoms with van der Waals surface area (Å²) in [5, 5.41) is 6.94. The highest BCUT2D eigenvalue weighted by molar-refractivity contribution is 7.80. The van der Waals surface area contributed by atoms with Crippen LogP contribution < -0.4 is 10.6 Å². The third-order valence-corrected chi connectivity index (χ3v) is 3.52. The van der Waals surface area contributed by atoms with Gasteiger partial charge in [0.15, 0.2) is 5.11 Å². The van der Waals surface area contributed by atoms with Gasteiger partial charge in [-0.05, 0) is 55.7 Å². The minimum atomic E-state index is -0.314. The number of hydrogen-bond acceptors (Lipinski definition) is 3. The number of carbonyl (C=O) groups is 1. The second kappa shape index (κ2) is 7.41. The topological polar surface area (TPSA) is 50.4 Å². The molecule has 4 nitrogen and oxygen atoms in total. The molecule has 1 aromatic rings. The highest BCUT2D eigenvalue weighted by atomic mass is 32.1. The molecule has 0 spiro atoms. The highest BCUT2D eigenvalue weighted by Crippen LogP contribution is 2.18. The zero-order valence-corrected chi connectivity index (χ0v) is 14.1. The average Bonchev–Trinajstić information content (AvgIpc) is 2.38. The number of thiocarbonyl (C=S) groups is 1. The fraction of sp³-hybridized carbons (Fsp3) is 0.500. The Balaban J connectivity index is 2.60. The fourth-order valence-corrected chi connectivity index (χ4v) is 1.78. The Morgan fingerprint density at radius 3 is 2.33 bits per heavy atom. The minimum Gasteiger partial charge on any atom is -0.462 e. The van der Waals surface area contributed by atoms with Crippen molar-refractivity contribution in [2.45, 2.75) is 40.7 Å². The molecular weight excluding hydrogens is 284 g/mol. The predicted octanol–water partition coefficient (Wildman–Crippen LogP) is 3.58. The van der Waals surface area contributed by atoms with Crippen molar-refractivity contribution in [1.82, 2.24) is 5.32 Å². The number of hydrogen-bond donors (Lipinski definition) is 2. The third-order valence-electron chi connectivity index (χ3n) is 3.30. The summed E-state index contributed by atoms with van der Waals surface area (Å²) in [4.78, 5) is 11.6. The first kappa shape index (κ1) is 17.4. The van der Waals surface area contributed by atoms with Crippen LogP contribution in [0.2, 0.25) is 0 Å². The lowest BCUT2D eigenvalue weighted by molar-refractivity contribution is 0.0526. The Hall–Kier alpha value is -1.62. The second-order valence-electron chi connectivity index (χ2n) is 5.98. The lowest BCUT2D eigenvalue weighted by Gasteiger charge is -2.29. The first-order valence-corrected chi connectivity index (χ1v) is 7.49. The van der Waals surface area contributed by atoms with Gasteiger partial charge < -0.3 is 15.4 Å². The van der Waals surface area contributed by atoms with E-state index in [-0.39, 0.29) is 17.4 Å². The van der Waals surface area contributed by atoms with Gasteiger partial charge >= 0.3 is 5.97 Å². The van der Waals surface area contributed by atoms with E-state index in [0.29, 0.717) is 17.3 Å². The molecular formula is C16H24N2O2S. The van der Waals surface area contributed by atoms with Gasteiger partial charge in [-0.2, -0.15) is 0 Å². The smallest absolute Gasteiger partial charge is 0.338 e. The van der Waals surface area contributed by atoms with Crippen molar-refractivity contribution < 1.29 is 9.53 Å². The number of anilines is 1. The molecule has 0 fully saturated rings. The molecule has 0 aliphatic heterocycles. The van der Waals surface area contributed by atoms with Gasteiger partial charge in [-0.1, -0.05) is 20.8 Å². The van der Waals surface area contributed by atoms with E-state index >= 15 is 0 Å². The van der Waals surface area contributed by atoms with Crippen LogP contribution in [0.5, 0.6) is 0 Å². The Bertz CT molecular complexity index is 492. The molecule has 0 bridgehead atoms. The van der Waals surface area contributed by atoms with Crippen molar-refractivity contribution in [2.24, 2.45) is 5.41 Å². The molecule has 116 valence electrons. The molecule has 0 aliphatic carbocycles. The standard InChI is InChI=1S/C16H24N2O2S/c1-6-20-14(19)12-7-9-13(10-8-12)18-15(21)17-11(2)16(3,4)5/h7-11H,6H2,1-5H3,(H2,17,18,21). The minimum absolute atomic E-state index is 0.125. The molecule has 0 heterocycles. The number of rotatable bonds is 4. The van der Waals surface area contributed by atoms with Gasteiger partial charge in [-0.25, -0.2) is 4.79 Å². The summed E-state index contributed by atoms with van der Waals surface area (Å²) in [5.74, 6) is -0.314.